The Bertz CT molecular complexity index is 666. The van der Waals surface area contributed by atoms with Gasteiger partial charge in [-0.25, -0.2) is 9.07 Å². The number of alkyl halides is 1. The van der Waals surface area contributed by atoms with E-state index in [1.165, 1.54) is 16.5 Å². The van der Waals surface area contributed by atoms with Crippen LogP contribution in [0.25, 0.3) is 0 Å². The molecule has 25 heavy (non-hydrogen) atoms. The lowest BCUT2D eigenvalue weighted by atomic mass is 9.81. The number of hydrogen-bond donors (Lipinski definition) is 0. The van der Waals surface area contributed by atoms with Crippen molar-refractivity contribution in [2.75, 3.05) is 13.1 Å². The Hall–Kier alpha value is -1.12. The van der Waals surface area contributed by atoms with E-state index in [0.29, 0.717) is 23.6 Å². The van der Waals surface area contributed by atoms with Crippen LogP contribution < -0.4 is 5.46 Å². The summed E-state index contributed by atoms with van der Waals surface area (Å²) >= 11 is 6.48. The van der Waals surface area contributed by atoms with Crippen molar-refractivity contribution < 1.29 is 18.5 Å². The Kier molecular flexibility index (Phi) is 4.67. The van der Waals surface area contributed by atoms with Gasteiger partial charge in [-0.15, -0.1) is 0 Å². The van der Waals surface area contributed by atoms with E-state index in [4.69, 9.17) is 20.9 Å². The molecule has 2 atom stereocenters. The molecule has 3 rings (SSSR count). The highest BCUT2D eigenvalue weighted by atomic mass is 35.5. The summed E-state index contributed by atoms with van der Waals surface area (Å²) in [5, 5.41) is 4.60. The largest absolute Gasteiger partial charge is 0.499 e. The van der Waals surface area contributed by atoms with E-state index in [9.17, 15) is 9.18 Å². The molecule has 6 nitrogen and oxygen atoms in total. The zero-order valence-electron chi connectivity index (χ0n) is 15.3. The Labute approximate surface area is 152 Å². The average molecular weight is 372 g/mol. The van der Waals surface area contributed by atoms with Gasteiger partial charge in [0.1, 0.15) is 11.3 Å². The van der Waals surface area contributed by atoms with Gasteiger partial charge in [0.2, 0.25) is 5.91 Å². The van der Waals surface area contributed by atoms with Crippen molar-refractivity contribution in [2.24, 2.45) is 0 Å². The molecule has 2 aliphatic heterocycles. The molecule has 2 saturated heterocycles. The van der Waals surface area contributed by atoms with Gasteiger partial charge < -0.3 is 14.2 Å². The summed E-state index contributed by atoms with van der Waals surface area (Å²) in [4.78, 5) is 12.9. The molecule has 0 unspecified atom stereocenters. The van der Waals surface area contributed by atoms with Crippen molar-refractivity contribution in [3.05, 3.63) is 11.3 Å². The van der Waals surface area contributed by atoms with E-state index in [1.54, 1.807) is 6.20 Å². The number of hydrogen-bond acceptors (Lipinski definition) is 4. The highest BCUT2D eigenvalue weighted by Gasteiger charge is 2.53. The molecule has 3 heterocycles. The Morgan fingerprint density at radius 3 is 2.48 bits per heavy atom. The summed E-state index contributed by atoms with van der Waals surface area (Å²) in [6, 6.07) is -0.501. The van der Waals surface area contributed by atoms with Crippen molar-refractivity contribution in [1.82, 2.24) is 14.7 Å². The molecule has 0 aromatic carbocycles. The number of piperidine rings is 1. The molecular formula is C16H24BClFN3O3. The summed E-state index contributed by atoms with van der Waals surface area (Å²) < 4.78 is 28.1. The van der Waals surface area contributed by atoms with Gasteiger partial charge in [0.05, 0.1) is 30.0 Å². The first-order valence-corrected chi connectivity index (χ1v) is 8.89. The molecular weight excluding hydrogens is 347 g/mol. The third-order valence-corrected chi connectivity index (χ3v) is 5.93. The predicted molar refractivity (Wildman–Crippen MR) is 93.8 cm³/mol. The van der Waals surface area contributed by atoms with E-state index in [-0.39, 0.29) is 12.5 Å². The van der Waals surface area contributed by atoms with Crippen molar-refractivity contribution >= 4 is 30.1 Å². The number of likely N-dealkylation sites (tertiary alicyclic amines) is 1. The SMILES string of the molecule is CC(=O)N1CC[C@H](n2ncc(B3OC(C)(C)C(C)(C)O3)c2Cl)[C@@H](F)C1. The zero-order valence-corrected chi connectivity index (χ0v) is 16.0. The number of halogens is 2. The van der Waals surface area contributed by atoms with Crippen LogP contribution in [-0.2, 0) is 14.1 Å². The van der Waals surface area contributed by atoms with Crippen LogP contribution in [0.1, 0.15) is 47.1 Å². The second-order valence-electron chi connectivity index (χ2n) is 7.76. The molecule has 2 fully saturated rings. The van der Waals surface area contributed by atoms with Crippen molar-refractivity contribution in [3.8, 4) is 0 Å². The van der Waals surface area contributed by atoms with Crippen LogP contribution in [0.15, 0.2) is 6.20 Å². The highest BCUT2D eigenvalue weighted by molar-refractivity contribution is 6.65. The minimum absolute atomic E-state index is 0.0576. The molecule has 0 aliphatic carbocycles. The third kappa shape index (κ3) is 3.20. The second-order valence-corrected chi connectivity index (χ2v) is 8.12. The van der Waals surface area contributed by atoms with Gasteiger partial charge in [-0.2, -0.15) is 5.10 Å². The molecule has 9 heteroatoms. The first-order valence-electron chi connectivity index (χ1n) is 8.51. The highest BCUT2D eigenvalue weighted by Crippen LogP contribution is 2.37. The van der Waals surface area contributed by atoms with Crippen LogP contribution >= 0.6 is 11.6 Å². The fourth-order valence-corrected chi connectivity index (χ4v) is 3.48. The lowest BCUT2D eigenvalue weighted by Crippen LogP contribution is -2.45. The van der Waals surface area contributed by atoms with Gasteiger partial charge in [-0.3, -0.25) is 4.79 Å². The standard InChI is InChI=1S/C16H24BClFN3O3/c1-10(23)21-7-6-13(12(19)9-21)22-14(18)11(8-20-22)17-24-15(2,3)16(4,5)25-17/h8,12-13H,6-7,9H2,1-5H3/t12-,13-/m0/s1. The smallest absolute Gasteiger partial charge is 0.399 e. The summed E-state index contributed by atoms with van der Waals surface area (Å²) in [7, 11) is -0.637. The van der Waals surface area contributed by atoms with Crippen LogP contribution in [0.3, 0.4) is 0 Å². The quantitative estimate of drug-likeness (QED) is 0.746. The molecule has 1 aromatic heterocycles. The number of carbonyl (C=O) groups is 1. The van der Waals surface area contributed by atoms with Crippen LogP contribution in [0, 0.1) is 0 Å². The van der Waals surface area contributed by atoms with Gasteiger partial charge in [0, 0.05) is 18.9 Å². The maximum atomic E-state index is 14.6. The summed E-state index contributed by atoms with van der Waals surface area (Å²) in [5.41, 5.74) is -0.376. The fraction of sp³-hybridized carbons (Fsp3) is 0.750. The maximum absolute atomic E-state index is 14.6. The monoisotopic (exact) mass is 371 g/mol. The third-order valence-electron chi connectivity index (χ3n) is 5.53. The van der Waals surface area contributed by atoms with Crippen molar-refractivity contribution in [1.29, 1.82) is 0 Å². The molecule has 2 aliphatic rings. The summed E-state index contributed by atoms with van der Waals surface area (Å²) in [6.45, 7) is 9.83. The van der Waals surface area contributed by atoms with Crippen LogP contribution in [0.4, 0.5) is 4.39 Å². The van der Waals surface area contributed by atoms with Crippen molar-refractivity contribution in [3.63, 3.8) is 0 Å². The predicted octanol–water partition coefficient (Wildman–Crippen LogP) is 1.97. The normalized spacial score (nSPS) is 28.4. The molecule has 0 bridgehead atoms. The van der Waals surface area contributed by atoms with Gasteiger partial charge in [0.15, 0.2) is 0 Å². The molecule has 0 radical (unpaired) electrons. The number of nitrogens with zero attached hydrogens (tertiary/aromatic N) is 3. The topological polar surface area (TPSA) is 56.6 Å². The Balaban J connectivity index is 1.80. The molecule has 138 valence electrons. The van der Waals surface area contributed by atoms with E-state index < -0.39 is 30.5 Å². The van der Waals surface area contributed by atoms with Crippen LogP contribution in [0.2, 0.25) is 5.15 Å². The minimum atomic E-state index is -1.22. The van der Waals surface area contributed by atoms with Crippen LogP contribution in [0.5, 0.6) is 0 Å². The molecule has 1 amide bonds. The summed E-state index contributed by atoms with van der Waals surface area (Å²) in [6.07, 6.45) is 0.820. The van der Waals surface area contributed by atoms with Gasteiger partial charge in [-0.1, -0.05) is 11.6 Å². The number of amides is 1. The average Bonchev–Trinajstić information content (AvgIpc) is 2.96. The lowest BCUT2D eigenvalue weighted by molar-refractivity contribution is -0.131. The van der Waals surface area contributed by atoms with Gasteiger partial charge in [0.25, 0.3) is 0 Å². The van der Waals surface area contributed by atoms with Crippen LogP contribution in [-0.4, -0.2) is 58.2 Å². The molecule has 0 spiro atoms. The lowest BCUT2D eigenvalue weighted by Gasteiger charge is -2.34. The summed E-state index contributed by atoms with van der Waals surface area (Å²) in [5.74, 6) is -0.120. The molecule has 0 saturated carbocycles. The first kappa shape index (κ1) is 18.7. The first-order chi connectivity index (χ1) is 11.5. The van der Waals surface area contributed by atoms with E-state index in [0.717, 1.165) is 0 Å². The molecule has 0 N–H and O–H groups in total. The Morgan fingerprint density at radius 1 is 1.36 bits per heavy atom. The number of aromatic nitrogens is 2. The number of carbonyl (C=O) groups excluding carboxylic acids is 1. The number of rotatable bonds is 2. The van der Waals surface area contributed by atoms with Gasteiger partial charge >= 0.3 is 7.12 Å². The van der Waals surface area contributed by atoms with Gasteiger partial charge in [-0.05, 0) is 34.1 Å². The molecule has 1 aromatic rings. The van der Waals surface area contributed by atoms with E-state index in [1.807, 2.05) is 27.7 Å². The zero-order chi connectivity index (χ0) is 18.6. The Morgan fingerprint density at radius 2 is 1.96 bits per heavy atom. The van der Waals surface area contributed by atoms with Crippen molar-refractivity contribution in [2.45, 2.75) is 64.5 Å². The van der Waals surface area contributed by atoms with E-state index in [2.05, 4.69) is 5.10 Å². The maximum Gasteiger partial charge on any atom is 0.499 e. The second kappa shape index (κ2) is 6.25. The fourth-order valence-electron chi connectivity index (χ4n) is 3.17. The van der Waals surface area contributed by atoms with E-state index >= 15 is 0 Å². The minimum Gasteiger partial charge on any atom is -0.399 e.